The fraction of sp³-hybridized carbons (Fsp3) is 0.438. The van der Waals surface area contributed by atoms with Crippen LogP contribution in [0, 0.1) is 5.82 Å². The summed E-state index contributed by atoms with van der Waals surface area (Å²) < 4.78 is 41.8. The molecule has 2 rings (SSSR count). The van der Waals surface area contributed by atoms with E-state index in [4.69, 9.17) is 4.74 Å². The normalized spacial score (nSPS) is 20.0. The Morgan fingerprint density at radius 2 is 2.17 bits per heavy atom. The van der Waals surface area contributed by atoms with Crippen LogP contribution in [0.4, 0.5) is 4.39 Å². The molecule has 1 aliphatic heterocycles. The van der Waals surface area contributed by atoms with E-state index in [0.717, 1.165) is 0 Å². The van der Waals surface area contributed by atoms with Gasteiger partial charge < -0.3 is 9.64 Å². The molecule has 0 saturated carbocycles. The van der Waals surface area contributed by atoms with Gasteiger partial charge in [0.15, 0.2) is 9.84 Å². The van der Waals surface area contributed by atoms with Gasteiger partial charge >= 0.3 is 0 Å². The highest BCUT2D eigenvalue weighted by molar-refractivity contribution is 7.91. The van der Waals surface area contributed by atoms with E-state index in [1.807, 2.05) is 0 Å². The van der Waals surface area contributed by atoms with Crippen molar-refractivity contribution in [3.05, 3.63) is 41.7 Å². The SMILES string of the molecule is COCCN(C(=O)/C=C/c1ccccc1F)C1CCS(=O)(=O)C1. The number of carbonyl (C=O) groups excluding carboxylic acids is 1. The van der Waals surface area contributed by atoms with Gasteiger partial charge in [0.25, 0.3) is 0 Å². The van der Waals surface area contributed by atoms with Crippen molar-refractivity contribution in [2.75, 3.05) is 31.8 Å². The number of hydrogen-bond acceptors (Lipinski definition) is 4. The van der Waals surface area contributed by atoms with Crippen LogP contribution in [0.2, 0.25) is 0 Å². The van der Waals surface area contributed by atoms with Crippen LogP contribution < -0.4 is 0 Å². The van der Waals surface area contributed by atoms with Crippen LogP contribution >= 0.6 is 0 Å². The molecule has 1 fully saturated rings. The average molecular weight is 341 g/mol. The molecule has 1 aromatic rings. The molecule has 1 unspecified atom stereocenters. The van der Waals surface area contributed by atoms with E-state index in [-0.39, 0.29) is 23.5 Å². The van der Waals surface area contributed by atoms with Gasteiger partial charge in [-0.1, -0.05) is 18.2 Å². The Morgan fingerprint density at radius 1 is 1.43 bits per heavy atom. The van der Waals surface area contributed by atoms with Gasteiger partial charge in [0.1, 0.15) is 5.82 Å². The third kappa shape index (κ3) is 4.87. The van der Waals surface area contributed by atoms with Crippen molar-refractivity contribution in [3.8, 4) is 0 Å². The topological polar surface area (TPSA) is 63.7 Å². The maximum absolute atomic E-state index is 13.6. The zero-order valence-electron chi connectivity index (χ0n) is 12.9. The van der Waals surface area contributed by atoms with Crippen LogP contribution in [0.25, 0.3) is 6.08 Å². The first-order chi connectivity index (χ1) is 10.9. The molecule has 0 aromatic heterocycles. The maximum Gasteiger partial charge on any atom is 0.246 e. The summed E-state index contributed by atoms with van der Waals surface area (Å²) >= 11 is 0. The highest BCUT2D eigenvalue weighted by Gasteiger charge is 2.33. The van der Waals surface area contributed by atoms with Crippen LogP contribution in [0.5, 0.6) is 0 Å². The number of ether oxygens (including phenoxy) is 1. The molecule has 1 amide bonds. The summed E-state index contributed by atoms with van der Waals surface area (Å²) in [7, 11) is -1.57. The fourth-order valence-electron chi connectivity index (χ4n) is 2.55. The van der Waals surface area contributed by atoms with Crippen LogP contribution in [0.1, 0.15) is 12.0 Å². The summed E-state index contributed by atoms with van der Waals surface area (Å²) in [4.78, 5) is 13.9. The van der Waals surface area contributed by atoms with Crippen LogP contribution in [0.3, 0.4) is 0 Å². The molecule has 0 aliphatic carbocycles. The van der Waals surface area contributed by atoms with Crippen molar-refractivity contribution >= 4 is 21.8 Å². The molecule has 5 nitrogen and oxygen atoms in total. The first-order valence-corrected chi connectivity index (χ1v) is 9.17. The van der Waals surface area contributed by atoms with Gasteiger partial charge in [-0.25, -0.2) is 12.8 Å². The molecule has 0 bridgehead atoms. The molecule has 0 N–H and O–H groups in total. The smallest absolute Gasteiger partial charge is 0.246 e. The van der Waals surface area contributed by atoms with Crippen molar-refractivity contribution in [3.63, 3.8) is 0 Å². The third-order valence-corrected chi connectivity index (χ3v) is 5.53. The minimum Gasteiger partial charge on any atom is -0.383 e. The van der Waals surface area contributed by atoms with Crippen molar-refractivity contribution in [2.24, 2.45) is 0 Å². The largest absolute Gasteiger partial charge is 0.383 e. The Labute approximate surface area is 135 Å². The molecular formula is C16H20FNO4S. The number of sulfone groups is 1. The predicted molar refractivity (Wildman–Crippen MR) is 86.1 cm³/mol. The van der Waals surface area contributed by atoms with Gasteiger partial charge in [-0.05, 0) is 18.6 Å². The molecular weight excluding hydrogens is 321 g/mol. The Bertz CT molecular complexity index is 687. The monoisotopic (exact) mass is 341 g/mol. The first kappa shape index (κ1) is 17.6. The van der Waals surface area contributed by atoms with E-state index in [1.165, 1.54) is 30.2 Å². The lowest BCUT2D eigenvalue weighted by atomic mass is 10.1. The lowest BCUT2D eigenvalue weighted by molar-refractivity contribution is -0.128. The number of carbonyl (C=O) groups is 1. The highest BCUT2D eigenvalue weighted by Crippen LogP contribution is 2.18. The zero-order valence-corrected chi connectivity index (χ0v) is 13.8. The Morgan fingerprint density at radius 3 is 2.78 bits per heavy atom. The molecule has 7 heteroatoms. The number of nitrogens with zero attached hydrogens (tertiary/aromatic N) is 1. The van der Waals surface area contributed by atoms with E-state index < -0.39 is 15.7 Å². The molecule has 0 radical (unpaired) electrons. The number of benzene rings is 1. The standard InChI is InChI=1S/C16H20FNO4S/c1-22-10-9-18(14-8-11-23(20,21)12-14)16(19)7-6-13-4-2-3-5-15(13)17/h2-7,14H,8-12H2,1H3/b7-6+. The number of amides is 1. The summed E-state index contributed by atoms with van der Waals surface area (Å²) in [5, 5.41) is 0. The van der Waals surface area contributed by atoms with Crippen molar-refractivity contribution < 1.29 is 22.3 Å². The number of hydrogen-bond donors (Lipinski definition) is 0. The lowest BCUT2D eigenvalue weighted by Crippen LogP contribution is -2.42. The average Bonchev–Trinajstić information content (AvgIpc) is 2.87. The Kier molecular flexibility index (Phi) is 5.90. The van der Waals surface area contributed by atoms with E-state index in [0.29, 0.717) is 25.1 Å². The van der Waals surface area contributed by atoms with Gasteiger partial charge in [-0.2, -0.15) is 0 Å². The third-order valence-electron chi connectivity index (χ3n) is 3.78. The van der Waals surface area contributed by atoms with E-state index in [2.05, 4.69) is 0 Å². The van der Waals surface area contributed by atoms with E-state index >= 15 is 0 Å². The minimum absolute atomic E-state index is 0.0318. The highest BCUT2D eigenvalue weighted by atomic mass is 32.2. The number of methoxy groups -OCH3 is 1. The molecule has 1 atom stereocenters. The van der Waals surface area contributed by atoms with Crippen LogP contribution in [-0.2, 0) is 19.4 Å². The quantitative estimate of drug-likeness (QED) is 0.736. The summed E-state index contributed by atoms with van der Waals surface area (Å²) in [6.45, 7) is 0.618. The molecule has 0 spiro atoms. The van der Waals surface area contributed by atoms with Gasteiger partial charge in [0, 0.05) is 31.3 Å². The molecule has 126 valence electrons. The molecule has 1 saturated heterocycles. The second kappa shape index (κ2) is 7.70. The van der Waals surface area contributed by atoms with E-state index in [9.17, 15) is 17.6 Å². The molecule has 1 aromatic carbocycles. The summed E-state index contributed by atoms with van der Waals surface area (Å²) in [5.41, 5.74) is 0.312. The number of rotatable bonds is 6. The van der Waals surface area contributed by atoms with Gasteiger partial charge in [0.2, 0.25) is 5.91 Å². The van der Waals surface area contributed by atoms with Crippen molar-refractivity contribution in [2.45, 2.75) is 12.5 Å². The van der Waals surface area contributed by atoms with E-state index in [1.54, 1.807) is 18.2 Å². The van der Waals surface area contributed by atoms with Crippen LogP contribution in [0.15, 0.2) is 30.3 Å². The van der Waals surface area contributed by atoms with Gasteiger partial charge in [-0.3, -0.25) is 4.79 Å². The lowest BCUT2D eigenvalue weighted by Gasteiger charge is -2.26. The fourth-order valence-corrected chi connectivity index (χ4v) is 4.28. The molecule has 1 heterocycles. The molecule has 1 aliphatic rings. The van der Waals surface area contributed by atoms with Crippen molar-refractivity contribution in [1.29, 1.82) is 0 Å². The molecule has 23 heavy (non-hydrogen) atoms. The maximum atomic E-state index is 13.6. The van der Waals surface area contributed by atoms with Crippen LogP contribution in [-0.4, -0.2) is 57.0 Å². The summed E-state index contributed by atoms with van der Waals surface area (Å²) in [6, 6.07) is 5.78. The second-order valence-corrected chi connectivity index (χ2v) is 7.66. The second-order valence-electron chi connectivity index (χ2n) is 5.44. The van der Waals surface area contributed by atoms with Gasteiger partial charge in [-0.15, -0.1) is 0 Å². The minimum atomic E-state index is -3.09. The zero-order chi connectivity index (χ0) is 16.9. The predicted octanol–water partition coefficient (Wildman–Crippen LogP) is 1.50. The van der Waals surface area contributed by atoms with Gasteiger partial charge in [0.05, 0.1) is 18.1 Å². The Hall–Kier alpha value is -1.73. The Balaban J connectivity index is 2.12. The first-order valence-electron chi connectivity index (χ1n) is 7.35. The van der Waals surface area contributed by atoms with Crippen molar-refractivity contribution in [1.82, 2.24) is 4.90 Å². The number of halogens is 1. The summed E-state index contributed by atoms with van der Waals surface area (Å²) in [5.74, 6) is -0.697. The summed E-state index contributed by atoms with van der Waals surface area (Å²) in [6.07, 6.45) is 3.10.